The van der Waals surface area contributed by atoms with E-state index in [1.54, 1.807) is 11.3 Å². The second-order valence-electron chi connectivity index (χ2n) is 14.0. The minimum absolute atomic E-state index is 0.596. The molecule has 0 amide bonds. The van der Waals surface area contributed by atoms with E-state index in [0.29, 0.717) is 17.5 Å². The summed E-state index contributed by atoms with van der Waals surface area (Å²) < 4.78 is 8.87. The summed E-state index contributed by atoms with van der Waals surface area (Å²) in [7, 11) is 0. The van der Waals surface area contributed by atoms with Gasteiger partial charge in [-0.1, -0.05) is 140 Å². The Morgan fingerprint density at radius 3 is 1.62 bits per heavy atom. The van der Waals surface area contributed by atoms with Gasteiger partial charge in [-0.25, -0.2) is 15.0 Å². The van der Waals surface area contributed by atoms with Crippen LogP contribution in [0.2, 0.25) is 0 Å². The SMILES string of the molecule is c1ccc(-c2cccc(-c3ccc4oc5cc(-c6nc(-c7ccccc7)nc(-c7cccc8c7sc7ccc(-c9ccccc9)cc78)n6)ccc5c4c3)c2)cc1. The molecule has 0 spiro atoms. The fourth-order valence-corrected chi connectivity index (χ4v) is 8.92. The van der Waals surface area contributed by atoms with Crippen LogP contribution in [0.4, 0.5) is 0 Å². The zero-order valence-corrected chi connectivity index (χ0v) is 30.9. The van der Waals surface area contributed by atoms with Gasteiger partial charge in [-0.15, -0.1) is 11.3 Å². The Morgan fingerprint density at radius 2 is 0.875 bits per heavy atom. The topological polar surface area (TPSA) is 51.8 Å². The van der Waals surface area contributed by atoms with Crippen LogP contribution >= 0.6 is 11.3 Å². The van der Waals surface area contributed by atoms with E-state index in [1.165, 1.54) is 37.7 Å². The average molecular weight is 734 g/mol. The van der Waals surface area contributed by atoms with Crippen molar-refractivity contribution in [1.82, 2.24) is 15.0 Å². The first-order valence-electron chi connectivity index (χ1n) is 18.7. The monoisotopic (exact) mass is 733 g/mol. The summed E-state index contributed by atoms with van der Waals surface area (Å²) in [6, 6.07) is 65.8. The summed E-state index contributed by atoms with van der Waals surface area (Å²) in [6.07, 6.45) is 0. The molecule has 4 nitrogen and oxygen atoms in total. The predicted octanol–water partition coefficient (Wildman–Crippen LogP) is 14.1. The molecule has 0 unspecified atom stereocenters. The van der Waals surface area contributed by atoms with Crippen molar-refractivity contribution in [3.63, 3.8) is 0 Å². The highest BCUT2D eigenvalue weighted by Gasteiger charge is 2.18. The van der Waals surface area contributed by atoms with Crippen LogP contribution in [0.25, 0.3) is 110 Å². The first kappa shape index (κ1) is 32.2. The largest absolute Gasteiger partial charge is 0.456 e. The van der Waals surface area contributed by atoms with Crippen LogP contribution in [0, 0.1) is 0 Å². The van der Waals surface area contributed by atoms with Crippen molar-refractivity contribution in [3.8, 4) is 67.5 Å². The lowest BCUT2D eigenvalue weighted by Gasteiger charge is -2.09. The van der Waals surface area contributed by atoms with E-state index in [2.05, 4.69) is 152 Å². The smallest absolute Gasteiger partial charge is 0.165 e. The number of thiophene rings is 1. The summed E-state index contributed by atoms with van der Waals surface area (Å²) in [4.78, 5) is 15.3. The Labute approximate surface area is 327 Å². The molecule has 56 heavy (non-hydrogen) atoms. The van der Waals surface area contributed by atoms with Crippen molar-refractivity contribution in [2.75, 3.05) is 0 Å². The third-order valence-electron chi connectivity index (χ3n) is 10.5. The van der Waals surface area contributed by atoms with E-state index in [-0.39, 0.29) is 0 Å². The normalized spacial score (nSPS) is 11.6. The summed E-state index contributed by atoms with van der Waals surface area (Å²) in [5.74, 6) is 1.86. The summed E-state index contributed by atoms with van der Waals surface area (Å²) >= 11 is 1.78. The van der Waals surface area contributed by atoms with E-state index in [1.807, 2.05) is 36.4 Å². The van der Waals surface area contributed by atoms with Crippen molar-refractivity contribution in [1.29, 1.82) is 0 Å². The van der Waals surface area contributed by atoms with Crippen molar-refractivity contribution in [2.45, 2.75) is 0 Å². The Bertz CT molecular complexity index is 3240. The molecule has 3 heterocycles. The number of furan rings is 1. The standard InChI is InChI=1S/C51H31N3OS/c1-4-12-32(13-5-1)35-18-10-19-36(28-35)38-23-26-45-43(29-38)40-25-22-39(31-46(40)55-45)50-52-49(34-16-8-3-9-17-34)53-51(54-50)42-21-11-20-41-44-30-37(33-14-6-2-7-15-33)24-27-47(44)56-48(41)42/h1-31H. The number of benzene rings is 8. The van der Waals surface area contributed by atoms with E-state index in [4.69, 9.17) is 19.4 Å². The number of hydrogen-bond donors (Lipinski definition) is 0. The Kier molecular flexibility index (Phi) is 7.64. The number of aromatic nitrogens is 3. The molecule has 0 N–H and O–H groups in total. The molecule has 5 heteroatoms. The zero-order chi connectivity index (χ0) is 37.0. The lowest BCUT2D eigenvalue weighted by molar-refractivity contribution is 0.669. The van der Waals surface area contributed by atoms with Crippen molar-refractivity contribution in [3.05, 3.63) is 188 Å². The molecule has 11 aromatic rings. The van der Waals surface area contributed by atoms with Crippen LogP contribution in [0.3, 0.4) is 0 Å². The van der Waals surface area contributed by atoms with E-state index in [9.17, 15) is 0 Å². The third-order valence-corrected chi connectivity index (χ3v) is 11.8. The first-order chi connectivity index (χ1) is 27.7. The molecule has 0 fully saturated rings. The van der Waals surface area contributed by atoms with Crippen LogP contribution in [0.5, 0.6) is 0 Å². The van der Waals surface area contributed by atoms with Crippen LogP contribution < -0.4 is 0 Å². The molecule has 0 aliphatic rings. The predicted molar refractivity (Wildman–Crippen MR) is 233 cm³/mol. The van der Waals surface area contributed by atoms with Crippen molar-refractivity contribution < 1.29 is 4.42 Å². The molecule has 8 aromatic carbocycles. The average Bonchev–Trinajstić information content (AvgIpc) is 3.84. The highest BCUT2D eigenvalue weighted by molar-refractivity contribution is 7.26. The molecule has 0 aliphatic carbocycles. The fraction of sp³-hybridized carbons (Fsp3) is 0. The lowest BCUT2D eigenvalue weighted by atomic mass is 9.98. The second kappa shape index (κ2) is 13.3. The van der Waals surface area contributed by atoms with Gasteiger partial charge in [0.2, 0.25) is 0 Å². The van der Waals surface area contributed by atoms with Gasteiger partial charge in [0.1, 0.15) is 11.2 Å². The van der Waals surface area contributed by atoms with Gasteiger partial charge in [0.25, 0.3) is 0 Å². The van der Waals surface area contributed by atoms with E-state index >= 15 is 0 Å². The van der Waals surface area contributed by atoms with Gasteiger partial charge in [0, 0.05) is 47.6 Å². The Morgan fingerprint density at radius 1 is 0.321 bits per heavy atom. The minimum Gasteiger partial charge on any atom is -0.456 e. The molecule has 262 valence electrons. The third kappa shape index (κ3) is 5.65. The zero-order valence-electron chi connectivity index (χ0n) is 30.1. The quantitative estimate of drug-likeness (QED) is 0.171. The molecule has 0 aliphatic heterocycles. The molecule has 0 radical (unpaired) electrons. The van der Waals surface area contributed by atoms with Crippen LogP contribution in [0.15, 0.2) is 192 Å². The van der Waals surface area contributed by atoms with Gasteiger partial charge in [-0.3, -0.25) is 0 Å². The highest BCUT2D eigenvalue weighted by atomic mass is 32.1. The number of nitrogens with zero attached hydrogens (tertiary/aromatic N) is 3. The molecule has 3 aromatic heterocycles. The summed E-state index contributed by atoms with van der Waals surface area (Å²) in [5.41, 5.74) is 11.5. The number of fused-ring (bicyclic) bond motifs is 6. The number of rotatable bonds is 6. The van der Waals surface area contributed by atoms with Gasteiger partial charge in [0.15, 0.2) is 17.5 Å². The molecule has 11 rings (SSSR count). The maximum atomic E-state index is 6.49. The first-order valence-corrected chi connectivity index (χ1v) is 19.5. The second-order valence-corrected chi connectivity index (χ2v) is 15.1. The van der Waals surface area contributed by atoms with E-state index in [0.717, 1.165) is 54.5 Å². The molecule has 0 atom stereocenters. The maximum Gasteiger partial charge on any atom is 0.165 e. The minimum atomic E-state index is 0.596. The summed E-state index contributed by atoms with van der Waals surface area (Å²) in [5, 5.41) is 4.54. The van der Waals surface area contributed by atoms with Crippen molar-refractivity contribution >= 4 is 53.4 Å². The number of hydrogen-bond acceptors (Lipinski definition) is 5. The van der Waals surface area contributed by atoms with Crippen LogP contribution in [-0.2, 0) is 0 Å². The highest BCUT2D eigenvalue weighted by Crippen LogP contribution is 2.42. The Balaban J connectivity index is 1.02. The van der Waals surface area contributed by atoms with Gasteiger partial charge in [0.05, 0.1) is 0 Å². The molecular formula is C51H31N3OS. The Hall–Kier alpha value is -7.21. The molecular weight excluding hydrogens is 703 g/mol. The summed E-state index contributed by atoms with van der Waals surface area (Å²) in [6.45, 7) is 0. The molecule has 0 saturated carbocycles. The van der Waals surface area contributed by atoms with Crippen molar-refractivity contribution in [2.24, 2.45) is 0 Å². The van der Waals surface area contributed by atoms with Gasteiger partial charge in [-0.05, 0) is 81.9 Å². The van der Waals surface area contributed by atoms with E-state index < -0.39 is 0 Å². The van der Waals surface area contributed by atoms with Gasteiger partial charge < -0.3 is 4.42 Å². The van der Waals surface area contributed by atoms with Gasteiger partial charge in [-0.2, -0.15) is 0 Å². The lowest BCUT2D eigenvalue weighted by Crippen LogP contribution is -2.00. The molecule has 0 bridgehead atoms. The van der Waals surface area contributed by atoms with Crippen LogP contribution in [0.1, 0.15) is 0 Å². The maximum absolute atomic E-state index is 6.49. The fourth-order valence-electron chi connectivity index (χ4n) is 7.73. The van der Waals surface area contributed by atoms with Crippen LogP contribution in [-0.4, -0.2) is 15.0 Å². The molecule has 0 saturated heterocycles. The van der Waals surface area contributed by atoms with Gasteiger partial charge >= 0.3 is 0 Å².